The number of halogens is 1. The van der Waals surface area contributed by atoms with E-state index >= 15 is 0 Å². The average molecular weight is 382 g/mol. The molecule has 0 atom stereocenters. The summed E-state index contributed by atoms with van der Waals surface area (Å²) in [7, 11) is -3.59. The smallest absolute Gasteiger partial charge is 0.241 e. The number of hydrogen-bond donors (Lipinski definition) is 2. The molecular weight excluding hydrogens is 366 g/mol. The first kappa shape index (κ1) is 17.2. The number of nitrogens with one attached hydrogen (secondary N) is 2. The number of aryl methyl sites for hydroxylation is 2. The van der Waals surface area contributed by atoms with Gasteiger partial charge >= 0.3 is 0 Å². The Labute approximate surface area is 149 Å². The molecule has 0 aliphatic heterocycles. The Morgan fingerprint density at radius 1 is 1.21 bits per heavy atom. The third-order valence-electron chi connectivity index (χ3n) is 3.50. The summed E-state index contributed by atoms with van der Waals surface area (Å²) in [5, 5.41) is 7.67. The van der Waals surface area contributed by atoms with Gasteiger partial charge in [0.15, 0.2) is 0 Å². The van der Waals surface area contributed by atoms with Gasteiger partial charge in [0.2, 0.25) is 10.0 Å². The van der Waals surface area contributed by atoms with Gasteiger partial charge < -0.3 is 0 Å². The van der Waals surface area contributed by atoms with E-state index < -0.39 is 10.0 Å². The van der Waals surface area contributed by atoms with Gasteiger partial charge in [0.1, 0.15) is 5.69 Å². The first-order valence-corrected chi connectivity index (χ1v) is 9.90. The summed E-state index contributed by atoms with van der Waals surface area (Å²) >= 11 is 7.25. The molecule has 3 rings (SSSR count). The molecule has 0 spiro atoms. The van der Waals surface area contributed by atoms with Gasteiger partial charge in [0.05, 0.1) is 9.77 Å². The number of thiophene rings is 1. The Morgan fingerprint density at radius 3 is 2.54 bits per heavy atom. The maximum Gasteiger partial charge on any atom is 0.241 e. The van der Waals surface area contributed by atoms with E-state index in [1.807, 2.05) is 13.0 Å². The summed E-state index contributed by atoms with van der Waals surface area (Å²) in [6.45, 7) is 3.92. The predicted octanol–water partition coefficient (Wildman–Crippen LogP) is 3.89. The molecular formula is C16H16ClN3O2S2. The van der Waals surface area contributed by atoms with Gasteiger partial charge in [0.25, 0.3) is 0 Å². The Balaban J connectivity index is 1.81. The molecule has 0 aliphatic carbocycles. The van der Waals surface area contributed by atoms with Crippen LogP contribution in [-0.2, 0) is 16.6 Å². The number of aromatic nitrogens is 2. The zero-order chi connectivity index (χ0) is 17.3. The van der Waals surface area contributed by atoms with Gasteiger partial charge in [-0.15, -0.1) is 11.3 Å². The third kappa shape index (κ3) is 3.70. The van der Waals surface area contributed by atoms with Crippen LogP contribution < -0.4 is 4.72 Å². The Hall–Kier alpha value is -1.67. The second-order valence-corrected chi connectivity index (χ2v) is 8.85. The van der Waals surface area contributed by atoms with Crippen LogP contribution in [0.1, 0.15) is 16.1 Å². The average Bonchev–Trinajstić information content (AvgIpc) is 3.13. The molecule has 0 bridgehead atoms. The number of nitrogens with zero attached hydrogens (tertiary/aromatic N) is 1. The van der Waals surface area contributed by atoms with E-state index in [-0.39, 0.29) is 11.4 Å². The SMILES string of the molecule is Cc1cc(-c2cc(S(=O)(=O)NCc3ccc(Cl)cc3)c(C)s2)n[nH]1. The van der Waals surface area contributed by atoms with Gasteiger partial charge in [0, 0.05) is 22.1 Å². The fraction of sp³-hybridized carbons (Fsp3) is 0.188. The second kappa shape index (κ2) is 6.68. The molecule has 0 fully saturated rings. The summed E-state index contributed by atoms with van der Waals surface area (Å²) in [4.78, 5) is 1.84. The van der Waals surface area contributed by atoms with Crippen LogP contribution in [0.25, 0.3) is 10.6 Å². The molecule has 2 heterocycles. The highest BCUT2D eigenvalue weighted by atomic mass is 35.5. The van der Waals surface area contributed by atoms with Crippen molar-refractivity contribution in [2.24, 2.45) is 0 Å². The van der Waals surface area contributed by atoms with E-state index in [0.717, 1.165) is 26.7 Å². The lowest BCUT2D eigenvalue weighted by molar-refractivity contribution is 0.581. The summed E-state index contributed by atoms with van der Waals surface area (Å²) in [6.07, 6.45) is 0. The van der Waals surface area contributed by atoms with Crippen molar-refractivity contribution in [1.82, 2.24) is 14.9 Å². The minimum atomic E-state index is -3.59. The van der Waals surface area contributed by atoms with Crippen LogP contribution in [0.5, 0.6) is 0 Å². The molecule has 0 saturated carbocycles. The second-order valence-electron chi connectivity index (χ2n) is 5.42. The van der Waals surface area contributed by atoms with Crippen LogP contribution >= 0.6 is 22.9 Å². The maximum atomic E-state index is 12.6. The van der Waals surface area contributed by atoms with E-state index in [1.165, 1.54) is 11.3 Å². The number of sulfonamides is 1. The number of H-pyrrole nitrogens is 1. The molecule has 0 aliphatic rings. The lowest BCUT2D eigenvalue weighted by atomic mass is 10.2. The molecule has 1 aromatic carbocycles. The molecule has 0 saturated heterocycles. The van der Waals surface area contributed by atoms with Crippen molar-refractivity contribution < 1.29 is 8.42 Å². The highest BCUT2D eigenvalue weighted by Crippen LogP contribution is 2.32. The standard InChI is InChI=1S/C16H16ClN3O2S2/c1-10-7-14(20-19-10)15-8-16(11(2)23-15)24(21,22)18-9-12-3-5-13(17)6-4-12/h3-8,18H,9H2,1-2H3,(H,19,20). The van der Waals surface area contributed by atoms with Gasteiger partial charge in [-0.1, -0.05) is 23.7 Å². The van der Waals surface area contributed by atoms with E-state index in [0.29, 0.717) is 5.02 Å². The van der Waals surface area contributed by atoms with Crippen LogP contribution in [-0.4, -0.2) is 18.6 Å². The van der Waals surface area contributed by atoms with Crippen molar-refractivity contribution in [1.29, 1.82) is 0 Å². The van der Waals surface area contributed by atoms with E-state index in [9.17, 15) is 8.42 Å². The number of hydrogen-bond acceptors (Lipinski definition) is 4. The molecule has 0 amide bonds. The lowest BCUT2D eigenvalue weighted by Gasteiger charge is -2.06. The van der Waals surface area contributed by atoms with Gasteiger partial charge in [-0.2, -0.15) is 5.10 Å². The van der Waals surface area contributed by atoms with Crippen LogP contribution in [0.3, 0.4) is 0 Å². The molecule has 24 heavy (non-hydrogen) atoms. The highest BCUT2D eigenvalue weighted by Gasteiger charge is 2.21. The Bertz CT molecular complexity index is 960. The zero-order valence-electron chi connectivity index (χ0n) is 13.1. The molecule has 8 heteroatoms. The van der Waals surface area contributed by atoms with E-state index in [2.05, 4.69) is 14.9 Å². The first-order valence-electron chi connectivity index (χ1n) is 7.22. The zero-order valence-corrected chi connectivity index (χ0v) is 15.5. The monoisotopic (exact) mass is 381 g/mol. The quantitative estimate of drug-likeness (QED) is 0.704. The molecule has 126 valence electrons. The number of aromatic amines is 1. The molecule has 2 aromatic heterocycles. The van der Waals surface area contributed by atoms with Crippen LogP contribution in [0.4, 0.5) is 0 Å². The normalized spacial score (nSPS) is 11.8. The number of rotatable bonds is 5. The number of benzene rings is 1. The van der Waals surface area contributed by atoms with Gasteiger partial charge in [-0.05, 0) is 43.7 Å². The maximum absolute atomic E-state index is 12.6. The Kier molecular flexibility index (Phi) is 4.78. The minimum absolute atomic E-state index is 0.214. The van der Waals surface area contributed by atoms with Gasteiger partial charge in [-0.25, -0.2) is 13.1 Å². The van der Waals surface area contributed by atoms with Crippen LogP contribution in [0.2, 0.25) is 5.02 Å². The fourth-order valence-corrected chi connectivity index (χ4v) is 4.95. The van der Waals surface area contributed by atoms with E-state index in [1.54, 1.807) is 37.3 Å². The van der Waals surface area contributed by atoms with Crippen molar-refractivity contribution in [2.45, 2.75) is 25.3 Å². The highest BCUT2D eigenvalue weighted by molar-refractivity contribution is 7.89. The summed E-state index contributed by atoms with van der Waals surface area (Å²) in [5.74, 6) is 0. The lowest BCUT2D eigenvalue weighted by Crippen LogP contribution is -2.23. The molecule has 0 radical (unpaired) electrons. The van der Waals surface area contributed by atoms with Crippen LogP contribution in [0.15, 0.2) is 41.3 Å². The summed E-state index contributed by atoms with van der Waals surface area (Å²) in [5.41, 5.74) is 2.53. The summed E-state index contributed by atoms with van der Waals surface area (Å²) in [6, 6.07) is 10.6. The largest absolute Gasteiger partial charge is 0.282 e. The van der Waals surface area contributed by atoms with Crippen LogP contribution in [0, 0.1) is 13.8 Å². The van der Waals surface area contributed by atoms with Gasteiger partial charge in [-0.3, -0.25) is 5.10 Å². The fourth-order valence-electron chi connectivity index (χ4n) is 2.26. The third-order valence-corrected chi connectivity index (χ3v) is 6.48. The first-order chi connectivity index (χ1) is 11.3. The van der Waals surface area contributed by atoms with E-state index in [4.69, 9.17) is 11.6 Å². The van der Waals surface area contributed by atoms with Crippen molar-refractivity contribution in [3.8, 4) is 10.6 Å². The Morgan fingerprint density at radius 2 is 1.92 bits per heavy atom. The molecule has 0 unspecified atom stereocenters. The summed E-state index contributed by atoms with van der Waals surface area (Å²) < 4.78 is 27.8. The minimum Gasteiger partial charge on any atom is -0.282 e. The van der Waals surface area contributed by atoms with Crippen molar-refractivity contribution in [3.05, 3.63) is 57.6 Å². The van der Waals surface area contributed by atoms with Crippen molar-refractivity contribution >= 4 is 33.0 Å². The molecule has 5 nitrogen and oxygen atoms in total. The topological polar surface area (TPSA) is 74.8 Å². The van der Waals surface area contributed by atoms with Crippen molar-refractivity contribution in [2.75, 3.05) is 0 Å². The predicted molar refractivity (Wildman–Crippen MR) is 96.9 cm³/mol. The molecule has 3 aromatic rings. The van der Waals surface area contributed by atoms with Crippen molar-refractivity contribution in [3.63, 3.8) is 0 Å². The molecule has 2 N–H and O–H groups in total.